The van der Waals surface area contributed by atoms with Crippen LogP contribution in [0.4, 0.5) is 5.69 Å². The molecule has 1 aromatic carbocycles. The van der Waals surface area contributed by atoms with E-state index in [1.807, 2.05) is 0 Å². The van der Waals surface area contributed by atoms with Crippen LogP contribution in [-0.2, 0) is 10.0 Å². The molecular formula is C11H8BrCl2NO3S2. The smallest absolute Gasteiger partial charge is 0.265 e. The van der Waals surface area contributed by atoms with Crippen LogP contribution >= 0.6 is 50.5 Å². The van der Waals surface area contributed by atoms with Crippen LogP contribution in [0.25, 0.3) is 0 Å². The predicted molar refractivity (Wildman–Crippen MR) is 85.8 cm³/mol. The molecule has 1 heterocycles. The Bertz CT molecular complexity index is 746. The summed E-state index contributed by atoms with van der Waals surface area (Å²) in [5.41, 5.74) is 0.320. The van der Waals surface area contributed by atoms with Crippen LogP contribution in [0, 0.1) is 0 Å². The Morgan fingerprint density at radius 2 is 1.90 bits per heavy atom. The van der Waals surface area contributed by atoms with E-state index < -0.39 is 10.0 Å². The van der Waals surface area contributed by atoms with Gasteiger partial charge in [0.25, 0.3) is 10.0 Å². The van der Waals surface area contributed by atoms with Crippen molar-refractivity contribution in [3.05, 3.63) is 37.4 Å². The molecule has 0 atom stereocenters. The normalized spacial score (nSPS) is 11.4. The highest BCUT2D eigenvalue weighted by Gasteiger charge is 2.27. The molecule has 4 nitrogen and oxygen atoms in total. The summed E-state index contributed by atoms with van der Waals surface area (Å²) in [5, 5.41) is 0. The van der Waals surface area contributed by atoms with Crippen LogP contribution in [0.1, 0.15) is 0 Å². The SMILES string of the molecule is COc1ccccc1NS(=O)(=O)c1c(Cl)sc(Cl)c1Br. The van der Waals surface area contributed by atoms with Gasteiger partial charge in [-0.15, -0.1) is 11.3 Å². The van der Waals surface area contributed by atoms with Gasteiger partial charge in [0.15, 0.2) is 0 Å². The minimum Gasteiger partial charge on any atom is -0.495 e. The lowest BCUT2D eigenvalue weighted by atomic mass is 10.3. The van der Waals surface area contributed by atoms with Crippen LogP contribution in [-0.4, -0.2) is 15.5 Å². The van der Waals surface area contributed by atoms with E-state index in [1.54, 1.807) is 24.3 Å². The Labute approximate surface area is 138 Å². The lowest BCUT2D eigenvalue weighted by Gasteiger charge is -2.11. The second kappa shape index (κ2) is 6.11. The van der Waals surface area contributed by atoms with Gasteiger partial charge in [0, 0.05) is 0 Å². The third kappa shape index (κ3) is 3.07. The molecule has 0 saturated heterocycles. The molecule has 0 unspecified atom stereocenters. The van der Waals surface area contributed by atoms with Gasteiger partial charge in [-0.05, 0) is 28.1 Å². The van der Waals surface area contributed by atoms with Gasteiger partial charge in [0.2, 0.25) is 0 Å². The van der Waals surface area contributed by atoms with E-state index in [-0.39, 0.29) is 18.0 Å². The van der Waals surface area contributed by atoms with Crippen LogP contribution in [0.15, 0.2) is 33.6 Å². The molecule has 0 aliphatic carbocycles. The molecule has 2 aromatic rings. The van der Waals surface area contributed by atoms with Crippen molar-refractivity contribution in [2.24, 2.45) is 0 Å². The lowest BCUT2D eigenvalue weighted by molar-refractivity contribution is 0.417. The molecule has 9 heteroatoms. The summed E-state index contributed by atoms with van der Waals surface area (Å²) in [7, 11) is -2.41. The summed E-state index contributed by atoms with van der Waals surface area (Å²) >= 11 is 15.9. The minimum absolute atomic E-state index is 0.0833. The monoisotopic (exact) mass is 415 g/mol. The first kappa shape index (κ1) is 15.9. The molecule has 2 rings (SSSR count). The molecular weight excluding hydrogens is 409 g/mol. The van der Waals surface area contributed by atoms with Gasteiger partial charge in [-0.2, -0.15) is 0 Å². The summed E-state index contributed by atoms with van der Waals surface area (Å²) in [6.45, 7) is 0. The number of anilines is 1. The van der Waals surface area contributed by atoms with Crippen molar-refractivity contribution in [3.8, 4) is 5.75 Å². The Morgan fingerprint density at radius 1 is 1.25 bits per heavy atom. The Morgan fingerprint density at radius 3 is 2.45 bits per heavy atom. The number of rotatable bonds is 4. The number of methoxy groups -OCH3 is 1. The molecule has 20 heavy (non-hydrogen) atoms. The maximum atomic E-state index is 12.4. The second-order valence-corrected chi connectivity index (χ2v) is 8.24. The topological polar surface area (TPSA) is 55.4 Å². The fraction of sp³-hybridized carbons (Fsp3) is 0.0909. The average molecular weight is 417 g/mol. The number of nitrogens with one attached hydrogen (secondary N) is 1. The number of thiophene rings is 1. The van der Waals surface area contributed by atoms with Crippen LogP contribution < -0.4 is 9.46 Å². The van der Waals surface area contributed by atoms with Crippen LogP contribution in [0.3, 0.4) is 0 Å². The van der Waals surface area contributed by atoms with Crippen LogP contribution in [0.5, 0.6) is 5.75 Å². The van der Waals surface area contributed by atoms with E-state index in [2.05, 4.69) is 20.7 Å². The van der Waals surface area contributed by atoms with Gasteiger partial charge in [-0.3, -0.25) is 4.72 Å². The van der Waals surface area contributed by atoms with E-state index >= 15 is 0 Å². The van der Waals surface area contributed by atoms with E-state index in [0.29, 0.717) is 11.4 Å². The summed E-state index contributed by atoms with van der Waals surface area (Å²) in [4.78, 5) is -0.0833. The first-order chi connectivity index (χ1) is 9.36. The number of hydrogen-bond donors (Lipinski definition) is 1. The van der Waals surface area contributed by atoms with Gasteiger partial charge in [-0.1, -0.05) is 35.3 Å². The largest absolute Gasteiger partial charge is 0.495 e. The van der Waals surface area contributed by atoms with Crippen molar-refractivity contribution in [3.63, 3.8) is 0 Å². The predicted octanol–water partition coefficient (Wildman–Crippen LogP) is 4.63. The van der Waals surface area contributed by atoms with Gasteiger partial charge < -0.3 is 4.74 Å². The van der Waals surface area contributed by atoms with Crippen molar-refractivity contribution < 1.29 is 13.2 Å². The minimum atomic E-state index is -3.87. The molecule has 108 valence electrons. The average Bonchev–Trinajstić information content (AvgIpc) is 2.63. The zero-order valence-corrected chi connectivity index (χ0v) is 14.7. The highest BCUT2D eigenvalue weighted by atomic mass is 79.9. The van der Waals surface area contributed by atoms with E-state index in [9.17, 15) is 8.42 Å². The Hall–Kier alpha value is -0.470. The number of para-hydroxylation sites is 2. The molecule has 1 aromatic heterocycles. The fourth-order valence-electron chi connectivity index (χ4n) is 1.49. The summed E-state index contributed by atoms with van der Waals surface area (Å²) in [6, 6.07) is 6.67. The third-order valence-electron chi connectivity index (χ3n) is 2.35. The molecule has 0 aliphatic heterocycles. The number of ether oxygens (including phenoxy) is 1. The summed E-state index contributed by atoms with van der Waals surface area (Å²) < 4.78 is 32.9. The second-order valence-electron chi connectivity index (χ2n) is 3.60. The highest BCUT2D eigenvalue weighted by Crippen LogP contribution is 2.43. The first-order valence-electron chi connectivity index (χ1n) is 5.16. The number of benzene rings is 1. The molecule has 0 fully saturated rings. The number of halogens is 3. The van der Waals surface area contributed by atoms with Gasteiger partial charge in [0.1, 0.15) is 19.3 Å². The van der Waals surface area contributed by atoms with Crippen molar-refractivity contribution in [1.82, 2.24) is 0 Å². The molecule has 0 amide bonds. The first-order valence-corrected chi connectivity index (χ1v) is 9.01. The number of sulfonamides is 1. The highest BCUT2D eigenvalue weighted by molar-refractivity contribution is 9.10. The van der Waals surface area contributed by atoms with E-state index in [0.717, 1.165) is 11.3 Å². The fourth-order valence-corrected chi connectivity index (χ4v) is 6.12. The quantitative estimate of drug-likeness (QED) is 0.790. The molecule has 0 saturated carbocycles. The third-order valence-corrected chi connectivity index (χ3v) is 7.18. The van der Waals surface area contributed by atoms with E-state index in [4.69, 9.17) is 27.9 Å². The maximum absolute atomic E-state index is 12.4. The molecule has 0 bridgehead atoms. The van der Waals surface area contributed by atoms with Crippen LogP contribution in [0.2, 0.25) is 8.67 Å². The maximum Gasteiger partial charge on any atom is 0.265 e. The standard InChI is InChI=1S/C11H8BrCl2NO3S2/c1-18-7-5-3-2-4-6(7)15-20(16,17)9-8(12)10(13)19-11(9)14/h2-5,15H,1H3. The molecule has 0 aliphatic rings. The van der Waals surface area contributed by atoms with Crippen molar-refractivity contribution >= 4 is 66.2 Å². The Balaban J connectivity index is 2.46. The van der Waals surface area contributed by atoms with Gasteiger partial charge >= 0.3 is 0 Å². The number of hydrogen-bond acceptors (Lipinski definition) is 4. The van der Waals surface area contributed by atoms with Crippen molar-refractivity contribution in [2.75, 3.05) is 11.8 Å². The van der Waals surface area contributed by atoms with Gasteiger partial charge in [-0.25, -0.2) is 8.42 Å². The lowest BCUT2D eigenvalue weighted by Crippen LogP contribution is -2.13. The zero-order chi connectivity index (χ0) is 14.9. The van der Waals surface area contributed by atoms with E-state index in [1.165, 1.54) is 7.11 Å². The Kier molecular flexibility index (Phi) is 4.86. The van der Waals surface area contributed by atoms with Gasteiger partial charge in [0.05, 0.1) is 17.3 Å². The molecule has 1 N–H and O–H groups in total. The zero-order valence-electron chi connectivity index (χ0n) is 9.98. The van der Waals surface area contributed by atoms with Crippen molar-refractivity contribution in [2.45, 2.75) is 4.90 Å². The van der Waals surface area contributed by atoms with Crippen molar-refractivity contribution in [1.29, 1.82) is 0 Å². The molecule has 0 spiro atoms. The summed E-state index contributed by atoms with van der Waals surface area (Å²) in [6.07, 6.45) is 0. The summed E-state index contributed by atoms with van der Waals surface area (Å²) in [5.74, 6) is 0.407. The molecule has 0 radical (unpaired) electrons.